The Labute approximate surface area is 127 Å². The van der Waals surface area contributed by atoms with Gasteiger partial charge in [0.25, 0.3) is 0 Å². The first kappa shape index (κ1) is 12.7. The number of rotatable bonds is 1. The smallest absolute Gasteiger partial charge is 0.116 e. The molecule has 0 saturated carbocycles. The lowest BCUT2D eigenvalue weighted by Crippen LogP contribution is -1.81. The van der Waals surface area contributed by atoms with Crippen LogP contribution < -0.4 is 0 Å². The van der Waals surface area contributed by atoms with E-state index in [0.717, 1.165) is 32.7 Å². The van der Waals surface area contributed by atoms with Gasteiger partial charge in [0.1, 0.15) is 11.5 Å². The number of phenolic OH excluding ortho intramolecular Hbond substituents is 2. The van der Waals surface area contributed by atoms with Gasteiger partial charge in [-0.2, -0.15) is 0 Å². The van der Waals surface area contributed by atoms with Crippen molar-refractivity contribution in [1.82, 2.24) is 0 Å². The normalized spacial score (nSPS) is 11.1. The molecule has 0 unspecified atom stereocenters. The van der Waals surface area contributed by atoms with Gasteiger partial charge in [0.15, 0.2) is 0 Å². The molecule has 0 heterocycles. The molecule has 0 aliphatic rings. The molecule has 2 nitrogen and oxygen atoms in total. The third-order valence-corrected chi connectivity index (χ3v) is 3.98. The predicted octanol–water partition coefficient (Wildman–Crippen LogP) is 5.07. The van der Waals surface area contributed by atoms with Gasteiger partial charge in [0, 0.05) is 0 Å². The largest absolute Gasteiger partial charge is 0.508 e. The lowest BCUT2D eigenvalue weighted by molar-refractivity contribution is 0.475. The van der Waals surface area contributed by atoms with E-state index in [1.807, 2.05) is 12.1 Å². The quantitative estimate of drug-likeness (QED) is 0.513. The first-order chi connectivity index (χ1) is 10.7. The molecule has 0 radical (unpaired) electrons. The van der Waals surface area contributed by atoms with E-state index in [4.69, 9.17) is 0 Å². The van der Waals surface area contributed by atoms with Crippen molar-refractivity contribution in [2.24, 2.45) is 0 Å². The molecule has 0 spiro atoms. The second-order valence-electron chi connectivity index (χ2n) is 5.49. The van der Waals surface area contributed by atoms with Crippen LogP contribution >= 0.6 is 0 Å². The average molecular weight is 286 g/mol. The van der Waals surface area contributed by atoms with E-state index < -0.39 is 0 Å². The molecular formula is C20H14O2. The van der Waals surface area contributed by atoms with Gasteiger partial charge in [0.05, 0.1) is 0 Å². The zero-order valence-corrected chi connectivity index (χ0v) is 11.8. The number of phenols is 2. The molecule has 2 N–H and O–H groups in total. The molecule has 22 heavy (non-hydrogen) atoms. The van der Waals surface area contributed by atoms with Gasteiger partial charge < -0.3 is 10.2 Å². The van der Waals surface area contributed by atoms with Crippen molar-refractivity contribution < 1.29 is 10.2 Å². The van der Waals surface area contributed by atoms with Crippen molar-refractivity contribution in [2.75, 3.05) is 0 Å². The van der Waals surface area contributed by atoms with E-state index in [2.05, 4.69) is 36.4 Å². The van der Waals surface area contributed by atoms with Crippen LogP contribution in [-0.2, 0) is 0 Å². The first-order valence-electron chi connectivity index (χ1n) is 7.15. The number of fused-ring (bicyclic) bond motifs is 2. The van der Waals surface area contributed by atoms with E-state index in [1.165, 1.54) is 0 Å². The number of benzene rings is 4. The van der Waals surface area contributed by atoms with E-state index in [1.54, 1.807) is 24.3 Å². The lowest BCUT2D eigenvalue weighted by atomic mass is 9.98. The second kappa shape index (κ2) is 4.78. The Balaban J connectivity index is 1.90. The summed E-state index contributed by atoms with van der Waals surface area (Å²) in [5.74, 6) is 0.543. The summed E-state index contributed by atoms with van der Waals surface area (Å²) in [6.07, 6.45) is 0. The Morgan fingerprint density at radius 2 is 0.818 bits per heavy atom. The molecular weight excluding hydrogens is 272 g/mol. The topological polar surface area (TPSA) is 40.5 Å². The molecule has 0 amide bonds. The van der Waals surface area contributed by atoms with Gasteiger partial charge in [0.2, 0.25) is 0 Å². The highest BCUT2D eigenvalue weighted by Gasteiger charge is 2.03. The van der Waals surface area contributed by atoms with Crippen LogP contribution in [0.5, 0.6) is 11.5 Å². The third kappa shape index (κ3) is 2.15. The third-order valence-electron chi connectivity index (χ3n) is 3.98. The molecule has 4 rings (SSSR count). The van der Waals surface area contributed by atoms with E-state index >= 15 is 0 Å². The maximum atomic E-state index is 9.64. The first-order valence-corrected chi connectivity index (χ1v) is 7.15. The Kier molecular flexibility index (Phi) is 2.76. The highest BCUT2D eigenvalue weighted by molar-refractivity contribution is 5.92. The molecule has 4 aromatic rings. The minimum atomic E-state index is 0.271. The molecule has 106 valence electrons. The van der Waals surface area contributed by atoms with Crippen molar-refractivity contribution in [2.45, 2.75) is 0 Å². The van der Waals surface area contributed by atoms with Gasteiger partial charge in [-0.3, -0.25) is 0 Å². The molecule has 0 saturated heterocycles. The van der Waals surface area contributed by atoms with Crippen molar-refractivity contribution in [1.29, 1.82) is 0 Å². The highest BCUT2D eigenvalue weighted by Crippen LogP contribution is 2.30. The zero-order valence-electron chi connectivity index (χ0n) is 11.8. The monoisotopic (exact) mass is 286 g/mol. The van der Waals surface area contributed by atoms with Crippen LogP contribution in [-0.4, -0.2) is 10.2 Å². The van der Waals surface area contributed by atoms with Crippen LogP contribution in [0.25, 0.3) is 32.7 Å². The van der Waals surface area contributed by atoms with Crippen LogP contribution in [0.1, 0.15) is 0 Å². The molecule has 0 fully saturated rings. The zero-order chi connectivity index (χ0) is 15.1. The van der Waals surface area contributed by atoms with Gasteiger partial charge in [-0.15, -0.1) is 0 Å². The van der Waals surface area contributed by atoms with Crippen molar-refractivity contribution in [3.8, 4) is 22.6 Å². The van der Waals surface area contributed by atoms with Crippen molar-refractivity contribution in [3.05, 3.63) is 72.8 Å². The fourth-order valence-corrected chi connectivity index (χ4v) is 2.83. The Hall–Kier alpha value is -3.00. The second-order valence-corrected chi connectivity index (χ2v) is 5.49. The molecule has 0 aromatic heterocycles. The predicted molar refractivity (Wildman–Crippen MR) is 90.2 cm³/mol. The molecule has 0 aliphatic heterocycles. The highest BCUT2D eigenvalue weighted by atomic mass is 16.3. The Morgan fingerprint density at radius 1 is 0.409 bits per heavy atom. The van der Waals surface area contributed by atoms with Crippen LogP contribution in [0.4, 0.5) is 0 Å². The Bertz CT molecular complexity index is 920. The number of aromatic hydroxyl groups is 2. The SMILES string of the molecule is Oc1ccc2ccc(-c3ccc4ccc(O)cc4c3)cc2c1. The molecule has 0 aliphatic carbocycles. The molecule has 0 atom stereocenters. The summed E-state index contributed by atoms with van der Waals surface area (Å²) in [5.41, 5.74) is 2.17. The fraction of sp³-hybridized carbons (Fsp3) is 0. The van der Waals surface area contributed by atoms with Gasteiger partial charge in [-0.05, 0) is 69.1 Å². The van der Waals surface area contributed by atoms with Crippen molar-refractivity contribution in [3.63, 3.8) is 0 Å². The Morgan fingerprint density at radius 3 is 1.27 bits per heavy atom. The summed E-state index contributed by atoms with van der Waals surface area (Å²) >= 11 is 0. The average Bonchev–Trinajstić information content (AvgIpc) is 2.53. The molecule has 4 aromatic carbocycles. The maximum Gasteiger partial charge on any atom is 0.116 e. The number of hydrogen-bond acceptors (Lipinski definition) is 2. The van der Waals surface area contributed by atoms with Crippen LogP contribution in [0.3, 0.4) is 0 Å². The van der Waals surface area contributed by atoms with E-state index in [0.29, 0.717) is 0 Å². The molecule has 0 bridgehead atoms. The lowest BCUT2D eigenvalue weighted by Gasteiger charge is -2.07. The van der Waals surface area contributed by atoms with Crippen LogP contribution in [0.15, 0.2) is 72.8 Å². The summed E-state index contributed by atoms with van der Waals surface area (Å²) in [7, 11) is 0. The molecule has 2 heteroatoms. The van der Waals surface area contributed by atoms with Crippen LogP contribution in [0.2, 0.25) is 0 Å². The maximum absolute atomic E-state index is 9.64. The summed E-state index contributed by atoms with van der Waals surface area (Å²) < 4.78 is 0. The minimum absolute atomic E-state index is 0.271. The van der Waals surface area contributed by atoms with Crippen LogP contribution in [0, 0.1) is 0 Å². The van der Waals surface area contributed by atoms with Crippen molar-refractivity contribution >= 4 is 21.5 Å². The summed E-state index contributed by atoms with van der Waals surface area (Å²) in [4.78, 5) is 0. The summed E-state index contributed by atoms with van der Waals surface area (Å²) in [6.45, 7) is 0. The minimum Gasteiger partial charge on any atom is -0.508 e. The summed E-state index contributed by atoms with van der Waals surface area (Å²) in [6, 6.07) is 23.1. The fourth-order valence-electron chi connectivity index (χ4n) is 2.83. The van der Waals surface area contributed by atoms with Gasteiger partial charge in [-0.1, -0.05) is 36.4 Å². The van der Waals surface area contributed by atoms with E-state index in [-0.39, 0.29) is 11.5 Å². The number of hydrogen-bond donors (Lipinski definition) is 2. The van der Waals surface area contributed by atoms with Gasteiger partial charge in [-0.25, -0.2) is 0 Å². The van der Waals surface area contributed by atoms with E-state index in [9.17, 15) is 10.2 Å². The standard InChI is InChI=1S/C20H14O2/c21-19-7-5-13-1-3-15(9-17(13)11-19)16-4-2-14-6-8-20(22)12-18(14)10-16/h1-12,21-22H. The summed E-state index contributed by atoms with van der Waals surface area (Å²) in [5, 5.41) is 23.5. The van der Waals surface area contributed by atoms with Gasteiger partial charge >= 0.3 is 0 Å².